The van der Waals surface area contributed by atoms with Crippen molar-refractivity contribution in [2.75, 3.05) is 37.6 Å². The maximum absolute atomic E-state index is 12.6. The second-order valence-electron chi connectivity index (χ2n) is 4.53. The first-order valence-corrected chi connectivity index (χ1v) is 6.17. The van der Waals surface area contributed by atoms with Gasteiger partial charge in [-0.3, -0.25) is 14.7 Å². The van der Waals surface area contributed by atoms with Crippen molar-refractivity contribution in [3.8, 4) is 0 Å². The lowest BCUT2D eigenvalue weighted by molar-refractivity contribution is -0.141. The van der Waals surface area contributed by atoms with E-state index in [9.17, 15) is 18.0 Å². The number of piperazine rings is 1. The van der Waals surface area contributed by atoms with Crippen molar-refractivity contribution in [3.63, 3.8) is 0 Å². The summed E-state index contributed by atoms with van der Waals surface area (Å²) < 4.78 is 37.9. The van der Waals surface area contributed by atoms with E-state index in [2.05, 4.69) is 21.4 Å². The van der Waals surface area contributed by atoms with Crippen LogP contribution in [0.5, 0.6) is 0 Å². The molecule has 8 heteroatoms. The first kappa shape index (κ1) is 14.6. The average molecular weight is 288 g/mol. The van der Waals surface area contributed by atoms with E-state index in [0.717, 1.165) is 6.54 Å². The van der Waals surface area contributed by atoms with Crippen molar-refractivity contribution in [1.82, 2.24) is 14.9 Å². The summed E-state index contributed by atoms with van der Waals surface area (Å²) in [5, 5.41) is 0. The van der Waals surface area contributed by atoms with Crippen molar-refractivity contribution in [2.24, 2.45) is 0 Å². The largest absolute Gasteiger partial charge is 0.433 e. The fourth-order valence-corrected chi connectivity index (χ4v) is 2.06. The number of rotatable bonds is 3. The Morgan fingerprint density at radius 1 is 1.35 bits per heavy atom. The van der Waals surface area contributed by atoms with Gasteiger partial charge in [-0.1, -0.05) is 6.08 Å². The van der Waals surface area contributed by atoms with Crippen molar-refractivity contribution in [2.45, 2.75) is 6.18 Å². The summed E-state index contributed by atoms with van der Waals surface area (Å²) in [5.74, 6) is -0.0249. The number of aromatic nitrogens is 2. The number of anilines is 1. The fraction of sp³-hybridized carbons (Fsp3) is 0.500. The molecule has 0 saturated carbocycles. The van der Waals surface area contributed by atoms with E-state index >= 15 is 0 Å². The monoisotopic (exact) mass is 288 g/mol. The molecule has 1 aliphatic rings. The highest BCUT2D eigenvalue weighted by molar-refractivity contribution is 5.31. The molecule has 1 aliphatic heterocycles. The van der Waals surface area contributed by atoms with Gasteiger partial charge in [0.2, 0.25) is 5.95 Å². The summed E-state index contributed by atoms with van der Waals surface area (Å²) in [7, 11) is 0. The van der Waals surface area contributed by atoms with E-state index < -0.39 is 17.4 Å². The predicted molar refractivity (Wildman–Crippen MR) is 68.7 cm³/mol. The third-order valence-corrected chi connectivity index (χ3v) is 3.08. The number of alkyl halides is 3. The molecule has 1 aromatic rings. The Morgan fingerprint density at radius 3 is 2.55 bits per heavy atom. The van der Waals surface area contributed by atoms with Crippen molar-refractivity contribution in [1.29, 1.82) is 0 Å². The first-order chi connectivity index (χ1) is 9.40. The molecule has 0 aromatic carbocycles. The van der Waals surface area contributed by atoms with Crippen molar-refractivity contribution >= 4 is 5.95 Å². The quantitative estimate of drug-likeness (QED) is 0.846. The molecule has 20 heavy (non-hydrogen) atoms. The van der Waals surface area contributed by atoms with Gasteiger partial charge >= 0.3 is 6.18 Å². The van der Waals surface area contributed by atoms with Crippen LogP contribution in [0.3, 0.4) is 0 Å². The number of hydrogen-bond acceptors (Lipinski definition) is 4. The van der Waals surface area contributed by atoms with Gasteiger partial charge in [-0.15, -0.1) is 6.58 Å². The number of halogens is 3. The minimum absolute atomic E-state index is 0.0249. The lowest BCUT2D eigenvalue weighted by Crippen LogP contribution is -2.47. The fourth-order valence-electron chi connectivity index (χ4n) is 2.06. The third kappa shape index (κ3) is 3.38. The van der Waals surface area contributed by atoms with Crippen molar-refractivity contribution < 1.29 is 13.2 Å². The Kier molecular flexibility index (Phi) is 4.12. The molecule has 0 bridgehead atoms. The molecule has 1 aromatic heterocycles. The Bertz CT molecular complexity index is 532. The minimum atomic E-state index is -4.62. The van der Waals surface area contributed by atoms with E-state index in [-0.39, 0.29) is 5.95 Å². The van der Waals surface area contributed by atoms with Crippen LogP contribution in [-0.4, -0.2) is 47.6 Å². The van der Waals surface area contributed by atoms with E-state index in [1.165, 1.54) is 0 Å². The van der Waals surface area contributed by atoms with E-state index in [1.807, 2.05) is 0 Å². The summed E-state index contributed by atoms with van der Waals surface area (Å²) in [6, 6.07) is 0.470. The van der Waals surface area contributed by atoms with E-state index in [0.29, 0.717) is 32.2 Å². The maximum atomic E-state index is 12.6. The molecule has 0 spiro atoms. The average Bonchev–Trinajstić information content (AvgIpc) is 2.38. The van der Waals surface area contributed by atoms with Crippen LogP contribution in [-0.2, 0) is 6.18 Å². The lowest BCUT2D eigenvalue weighted by Gasteiger charge is -2.34. The smallest absolute Gasteiger partial charge is 0.340 e. The number of nitrogens with zero attached hydrogens (tertiary/aromatic N) is 3. The van der Waals surface area contributed by atoms with Crippen LogP contribution >= 0.6 is 0 Å². The highest BCUT2D eigenvalue weighted by Crippen LogP contribution is 2.27. The predicted octanol–water partition coefficient (Wildman–Crippen LogP) is 1.10. The van der Waals surface area contributed by atoms with Gasteiger partial charge in [0.05, 0.1) is 0 Å². The Balaban J connectivity index is 2.16. The normalized spacial score (nSPS) is 17.2. The van der Waals surface area contributed by atoms with Gasteiger partial charge < -0.3 is 4.90 Å². The zero-order chi connectivity index (χ0) is 14.8. The van der Waals surface area contributed by atoms with Crippen LogP contribution in [0.15, 0.2) is 23.5 Å². The third-order valence-electron chi connectivity index (χ3n) is 3.08. The number of nitrogens with one attached hydrogen (secondary N) is 1. The summed E-state index contributed by atoms with van der Waals surface area (Å²) in [4.78, 5) is 21.0. The highest BCUT2D eigenvalue weighted by Gasteiger charge is 2.34. The van der Waals surface area contributed by atoms with Gasteiger partial charge in [0.1, 0.15) is 0 Å². The summed E-state index contributed by atoms with van der Waals surface area (Å²) in [5.41, 5.74) is -1.96. The molecule has 0 atom stereocenters. The summed E-state index contributed by atoms with van der Waals surface area (Å²) in [6.07, 6.45) is -2.84. The van der Waals surface area contributed by atoms with Crippen LogP contribution in [0.2, 0.25) is 0 Å². The van der Waals surface area contributed by atoms with Gasteiger partial charge in [-0.05, 0) is 0 Å². The molecule has 0 aliphatic carbocycles. The lowest BCUT2D eigenvalue weighted by atomic mass is 10.3. The second kappa shape index (κ2) is 5.66. The molecule has 2 heterocycles. The molecule has 110 valence electrons. The van der Waals surface area contributed by atoms with Crippen LogP contribution in [0, 0.1) is 0 Å². The first-order valence-electron chi connectivity index (χ1n) is 6.17. The van der Waals surface area contributed by atoms with Gasteiger partial charge in [-0.2, -0.15) is 13.2 Å². The minimum Gasteiger partial charge on any atom is -0.340 e. The standard InChI is InChI=1S/C12H15F3N4O/c1-2-3-18-4-6-19(7-5-18)11-16-9(12(13,14)15)8-10(20)17-11/h2,8H,1,3-7H2,(H,16,17,20). The zero-order valence-corrected chi connectivity index (χ0v) is 10.8. The molecule has 0 amide bonds. The molecule has 0 unspecified atom stereocenters. The molecule has 2 rings (SSSR count). The van der Waals surface area contributed by atoms with Crippen LogP contribution < -0.4 is 10.5 Å². The van der Waals surface area contributed by atoms with Gasteiger partial charge in [0.15, 0.2) is 5.69 Å². The molecule has 5 nitrogen and oxygen atoms in total. The van der Waals surface area contributed by atoms with E-state index in [4.69, 9.17) is 0 Å². The zero-order valence-electron chi connectivity index (χ0n) is 10.8. The summed E-state index contributed by atoms with van der Waals surface area (Å²) >= 11 is 0. The molecule has 1 N–H and O–H groups in total. The molecule has 0 radical (unpaired) electrons. The Hall–Kier alpha value is -1.83. The second-order valence-corrected chi connectivity index (χ2v) is 4.53. The number of H-pyrrole nitrogens is 1. The van der Waals surface area contributed by atoms with Gasteiger partial charge in [-0.25, -0.2) is 4.98 Å². The Morgan fingerprint density at radius 2 is 2.00 bits per heavy atom. The number of aromatic amines is 1. The van der Waals surface area contributed by atoms with Gasteiger partial charge in [0.25, 0.3) is 5.56 Å². The Labute approximate surface area is 113 Å². The van der Waals surface area contributed by atoms with Crippen LogP contribution in [0.1, 0.15) is 5.69 Å². The SMILES string of the molecule is C=CCN1CCN(c2nc(C(F)(F)F)cc(=O)[nH]2)CC1. The summed E-state index contributed by atoms with van der Waals surface area (Å²) in [6.45, 7) is 6.78. The molecular formula is C12H15F3N4O. The van der Waals surface area contributed by atoms with Gasteiger partial charge in [0, 0.05) is 38.8 Å². The topological polar surface area (TPSA) is 52.2 Å². The molecule has 1 saturated heterocycles. The van der Waals surface area contributed by atoms with Crippen molar-refractivity contribution in [3.05, 3.63) is 34.8 Å². The highest BCUT2D eigenvalue weighted by atomic mass is 19.4. The number of hydrogen-bond donors (Lipinski definition) is 1. The van der Waals surface area contributed by atoms with Crippen LogP contribution in [0.25, 0.3) is 0 Å². The molecule has 1 fully saturated rings. The molecular weight excluding hydrogens is 273 g/mol. The van der Waals surface area contributed by atoms with E-state index in [1.54, 1.807) is 11.0 Å². The maximum Gasteiger partial charge on any atom is 0.433 e. The van der Waals surface area contributed by atoms with Crippen LogP contribution in [0.4, 0.5) is 19.1 Å².